The van der Waals surface area contributed by atoms with Crippen LogP contribution in [-0.2, 0) is 11.3 Å². The van der Waals surface area contributed by atoms with Crippen LogP contribution in [0.2, 0.25) is 0 Å². The third-order valence-electron chi connectivity index (χ3n) is 3.09. The zero-order valence-corrected chi connectivity index (χ0v) is 12.6. The van der Waals surface area contributed by atoms with Crippen molar-refractivity contribution in [3.63, 3.8) is 0 Å². The number of rotatable bonds is 5. The Balaban J connectivity index is 1.90. The summed E-state index contributed by atoms with van der Waals surface area (Å²) < 4.78 is 5.70. The average molecular weight is 284 g/mol. The summed E-state index contributed by atoms with van der Waals surface area (Å²) in [7, 11) is 0. The van der Waals surface area contributed by atoms with E-state index in [4.69, 9.17) is 4.74 Å². The van der Waals surface area contributed by atoms with E-state index in [1.807, 2.05) is 38.1 Å². The van der Waals surface area contributed by atoms with Gasteiger partial charge in [-0.15, -0.1) is 0 Å². The van der Waals surface area contributed by atoms with Gasteiger partial charge in [0.25, 0.3) is 5.91 Å². The summed E-state index contributed by atoms with van der Waals surface area (Å²) in [6.07, 6.45) is 2.88. The maximum absolute atomic E-state index is 12.0. The van der Waals surface area contributed by atoms with Crippen molar-refractivity contribution in [2.45, 2.75) is 33.4 Å². The van der Waals surface area contributed by atoms with Gasteiger partial charge in [0.15, 0.2) is 6.10 Å². The molecule has 0 radical (unpaired) electrons. The number of amides is 1. The highest BCUT2D eigenvalue weighted by Crippen LogP contribution is 2.17. The fourth-order valence-corrected chi connectivity index (χ4v) is 2.09. The molecule has 0 bridgehead atoms. The second-order valence-corrected chi connectivity index (χ2v) is 5.16. The van der Waals surface area contributed by atoms with Crippen molar-refractivity contribution in [2.75, 3.05) is 0 Å². The van der Waals surface area contributed by atoms with E-state index in [1.165, 1.54) is 0 Å². The van der Waals surface area contributed by atoms with E-state index in [0.29, 0.717) is 6.54 Å². The summed E-state index contributed by atoms with van der Waals surface area (Å²) >= 11 is 0. The first-order valence-corrected chi connectivity index (χ1v) is 6.96. The van der Waals surface area contributed by atoms with Gasteiger partial charge in [0.1, 0.15) is 5.75 Å². The monoisotopic (exact) mass is 284 g/mol. The molecule has 1 aromatic heterocycles. The van der Waals surface area contributed by atoms with Crippen molar-refractivity contribution in [1.82, 2.24) is 10.3 Å². The number of carbonyl (C=O) groups excluding carboxylic acids is 1. The van der Waals surface area contributed by atoms with Crippen molar-refractivity contribution >= 4 is 5.91 Å². The first-order chi connectivity index (χ1) is 10.0. The quantitative estimate of drug-likeness (QED) is 0.918. The summed E-state index contributed by atoms with van der Waals surface area (Å²) in [5.74, 6) is 0.588. The molecule has 0 aliphatic heterocycles. The number of benzene rings is 1. The predicted octanol–water partition coefficient (Wildman–Crippen LogP) is 2.78. The zero-order chi connectivity index (χ0) is 15.2. The number of nitrogens with one attached hydrogen (secondary N) is 1. The van der Waals surface area contributed by atoms with Gasteiger partial charge in [0, 0.05) is 18.9 Å². The molecule has 0 aliphatic rings. The molecule has 1 aromatic carbocycles. The summed E-state index contributed by atoms with van der Waals surface area (Å²) in [5, 5.41) is 2.86. The lowest BCUT2D eigenvalue weighted by Gasteiger charge is -2.15. The van der Waals surface area contributed by atoms with E-state index in [2.05, 4.69) is 16.4 Å². The Morgan fingerprint density at radius 1 is 1.19 bits per heavy atom. The highest BCUT2D eigenvalue weighted by Gasteiger charge is 2.14. The lowest BCUT2D eigenvalue weighted by molar-refractivity contribution is -0.127. The number of pyridine rings is 1. The van der Waals surface area contributed by atoms with Gasteiger partial charge in [-0.05, 0) is 61.7 Å². The van der Waals surface area contributed by atoms with Gasteiger partial charge < -0.3 is 10.1 Å². The molecule has 21 heavy (non-hydrogen) atoms. The molecule has 2 aromatic rings. The maximum atomic E-state index is 12.0. The van der Waals surface area contributed by atoms with E-state index in [0.717, 1.165) is 22.4 Å². The number of nitrogens with zero attached hydrogens (tertiary/aromatic N) is 1. The second-order valence-electron chi connectivity index (χ2n) is 5.16. The van der Waals surface area contributed by atoms with Crippen LogP contribution in [0, 0.1) is 13.8 Å². The lowest BCUT2D eigenvalue weighted by atomic mass is 10.1. The smallest absolute Gasteiger partial charge is 0.261 e. The highest BCUT2D eigenvalue weighted by molar-refractivity contribution is 5.80. The summed E-state index contributed by atoms with van der Waals surface area (Å²) in [6, 6.07) is 9.67. The predicted molar refractivity (Wildman–Crippen MR) is 82.1 cm³/mol. The normalized spacial score (nSPS) is 11.8. The van der Waals surface area contributed by atoms with Crippen LogP contribution in [0.1, 0.15) is 23.6 Å². The first-order valence-electron chi connectivity index (χ1n) is 6.96. The van der Waals surface area contributed by atoms with Crippen LogP contribution in [0.3, 0.4) is 0 Å². The SMILES string of the molecule is Cc1cc(C)cc(O[C@H](C)C(=O)NCc2ccncc2)c1. The molecule has 1 N–H and O–H groups in total. The molecule has 0 unspecified atom stereocenters. The Hall–Kier alpha value is -2.36. The van der Waals surface area contributed by atoms with Crippen LogP contribution in [0.15, 0.2) is 42.7 Å². The minimum Gasteiger partial charge on any atom is -0.481 e. The number of carbonyl (C=O) groups is 1. The number of hydrogen-bond acceptors (Lipinski definition) is 3. The molecule has 1 heterocycles. The molecular weight excluding hydrogens is 264 g/mol. The third kappa shape index (κ3) is 4.60. The van der Waals surface area contributed by atoms with E-state index >= 15 is 0 Å². The topological polar surface area (TPSA) is 51.2 Å². The van der Waals surface area contributed by atoms with E-state index in [1.54, 1.807) is 19.3 Å². The van der Waals surface area contributed by atoms with Gasteiger partial charge in [-0.25, -0.2) is 0 Å². The van der Waals surface area contributed by atoms with Crippen LogP contribution in [-0.4, -0.2) is 17.0 Å². The van der Waals surface area contributed by atoms with Crippen molar-refractivity contribution in [3.8, 4) is 5.75 Å². The van der Waals surface area contributed by atoms with E-state index < -0.39 is 6.10 Å². The Morgan fingerprint density at radius 2 is 1.81 bits per heavy atom. The molecule has 0 saturated carbocycles. The lowest BCUT2D eigenvalue weighted by Crippen LogP contribution is -2.35. The summed E-state index contributed by atoms with van der Waals surface area (Å²) in [4.78, 5) is 16.0. The van der Waals surface area contributed by atoms with Crippen LogP contribution >= 0.6 is 0 Å². The number of aryl methyl sites for hydroxylation is 2. The largest absolute Gasteiger partial charge is 0.481 e. The van der Waals surface area contributed by atoms with Gasteiger partial charge >= 0.3 is 0 Å². The average Bonchev–Trinajstić information content (AvgIpc) is 2.44. The van der Waals surface area contributed by atoms with Gasteiger partial charge in [0.05, 0.1) is 0 Å². The summed E-state index contributed by atoms with van der Waals surface area (Å²) in [6.45, 7) is 6.24. The van der Waals surface area contributed by atoms with Crippen molar-refractivity contribution in [2.24, 2.45) is 0 Å². The van der Waals surface area contributed by atoms with Gasteiger partial charge in [0.2, 0.25) is 0 Å². The number of aromatic nitrogens is 1. The highest BCUT2D eigenvalue weighted by atomic mass is 16.5. The molecule has 2 rings (SSSR count). The number of hydrogen-bond donors (Lipinski definition) is 1. The molecule has 0 spiro atoms. The number of ether oxygens (including phenoxy) is 1. The van der Waals surface area contributed by atoms with Crippen molar-refractivity contribution < 1.29 is 9.53 Å². The molecular formula is C17H20N2O2. The Morgan fingerprint density at radius 3 is 2.43 bits per heavy atom. The van der Waals surface area contributed by atoms with Crippen LogP contribution in [0.4, 0.5) is 0 Å². The van der Waals surface area contributed by atoms with Crippen LogP contribution < -0.4 is 10.1 Å². The van der Waals surface area contributed by atoms with Crippen LogP contribution in [0.25, 0.3) is 0 Å². The molecule has 1 amide bonds. The maximum Gasteiger partial charge on any atom is 0.261 e. The molecule has 0 aliphatic carbocycles. The Labute approximate surface area is 125 Å². The van der Waals surface area contributed by atoms with Gasteiger partial charge in [-0.1, -0.05) is 6.07 Å². The van der Waals surface area contributed by atoms with Gasteiger partial charge in [-0.2, -0.15) is 0 Å². The van der Waals surface area contributed by atoms with Crippen molar-refractivity contribution in [1.29, 1.82) is 0 Å². The fourth-order valence-electron chi connectivity index (χ4n) is 2.09. The molecule has 4 nitrogen and oxygen atoms in total. The Bertz CT molecular complexity index is 591. The molecule has 0 saturated heterocycles. The molecule has 0 fully saturated rings. The molecule has 4 heteroatoms. The third-order valence-corrected chi connectivity index (χ3v) is 3.09. The molecule has 110 valence electrons. The second kappa shape index (κ2) is 6.88. The van der Waals surface area contributed by atoms with Crippen molar-refractivity contribution in [3.05, 3.63) is 59.4 Å². The standard InChI is InChI=1S/C17H20N2O2/c1-12-8-13(2)10-16(9-12)21-14(3)17(20)19-11-15-4-6-18-7-5-15/h4-10,14H,11H2,1-3H3,(H,19,20)/t14-/m1/s1. The van der Waals surface area contributed by atoms with Crippen LogP contribution in [0.5, 0.6) is 5.75 Å². The van der Waals surface area contributed by atoms with E-state index in [9.17, 15) is 4.79 Å². The van der Waals surface area contributed by atoms with Gasteiger partial charge in [-0.3, -0.25) is 9.78 Å². The van der Waals surface area contributed by atoms with E-state index in [-0.39, 0.29) is 5.91 Å². The molecule has 1 atom stereocenters. The summed E-state index contributed by atoms with van der Waals surface area (Å²) in [5.41, 5.74) is 3.25. The fraction of sp³-hybridized carbons (Fsp3) is 0.294. The first kappa shape index (κ1) is 15.0. The minimum absolute atomic E-state index is 0.133. The zero-order valence-electron chi connectivity index (χ0n) is 12.6. The minimum atomic E-state index is -0.534. The Kier molecular flexibility index (Phi) is 4.93.